The molecule has 2 N–H and O–H groups in total. The number of methoxy groups -OCH3 is 2. The third kappa shape index (κ3) is 3.71. The summed E-state index contributed by atoms with van der Waals surface area (Å²) in [6.07, 6.45) is 2.30. The van der Waals surface area contributed by atoms with Crippen molar-refractivity contribution in [3.8, 4) is 11.5 Å². The summed E-state index contributed by atoms with van der Waals surface area (Å²) in [5, 5.41) is 6.45. The van der Waals surface area contributed by atoms with Crippen LogP contribution in [0, 0.1) is 0 Å². The first kappa shape index (κ1) is 16.6. The number of ether oxygens (including phenoxy) is 2. The smallest absolute Gasteiger partial charge is 0.222 e. The molecule has 2 rings (SSSR count). The zero-order valence-electron chi connectivity index (χ0n) is 13.9. The summed E-state index contributed by atoms with van der Waals surface area (Å²) in [6.45, 7) is 4.95. The van der Waals surface area contributed by atoms with E-state index < -0.39 is 0 Å². The monoisotopic (exact) mass is 306 g/mol. The summed E-state index contributed by atoms with van der Waals surface area (Å²) in [7, 11) is 3.27. The van der Waals surface area contributed by atoms with Gasteiger partial charge in [-0.15, -0.1) is 0 Å². The van der Waals surface area contributed by atoms with Crippen molar-refractivity contribution >= 4 is 5.91 Å². The van der Waals surface area contributed by atoms with Crippen LogP contribution >= 0.6 is 0 Å². The Morgan fingerprint density at radius 2 is 2.05 bits per heavy atom. The van der Waals surface area contributed by atoms with Gasteiger partial charge in [0.1, 0.15) is 0 Å². The Hall–Kier alpha value is -1.75. The molecular formula is C17H26N2O3. The molecule has 1 aliphatic rings. The maximum Gasteiger partial charge on any atom is 0.222 e. The van der Waals surface area contributed by atoms with Gasteiger partial charge in [0.05, 0.1) is 14.2 Å². The van der Waals surface area contributed by atoms with Gasteiger partial charge in [0.15, 0.2) is 11.5 Å². The minimum absolute atomic E-state index is 0.0209. The second-order valence-corrected chi connectivity index (χ2v) is 5.74. The number of hydrogen-bond acceptors (Lipinski definition) is 4. The van der Waals surface area contributed by atoms with Crippen LogP contribution in [0.5, 0.6) is 11.5 Å². The van der Waals surface area contributed by atoms with Crippen molar-refractivity contribution in [3.05, 3.63) is 23.3 Å². The highest BCUT2D eigenvalue weighted by molar-refractivity contribution is 5.77. The number of benzene rings is 1. The molecule has 0 aliphatic carbocycles. The third-order valence-corrected chi connectivity index (χ3v) is 4.22. The van der Waals surface area contributed by atoms with E-state index in [4.69, 9.17) is 9.47 Å². The van der Waals surface area contributed by atoms with Crippen molar-refractivity contribution < 1.29 is 14.3 Å². The maximum absolute atomic E-state index is 12.2. The van der Waals surface area contributed by atoms with Gasteiger partial charge in [-0.1, -0.05) is 6.92 Å². The second kappa shape index (κ2) is 7.49. The number of fused-ring (bicyclic) bond motifs is 1. The zero-order valence-corrected chi connectivity index (χ0v) is 13.9. The molecule has 5 nitrogen and oxygen atoms in total. The molecule has 0 saturated heterocycles. The van der Waals surface area contributed by atoms with Gasteiger partial charge in [0.2, 0.25) is 5.91 Å². The summed E-state index contributed by atoms with van der Waals surface area (Å²) < 4.78 is 10.7. The van der Waals surface area contributed by atoms with Crippen molar-refractivity contribution in [3.63, 3.8) is 0 Å². The van der Waals surface area contributed by atoms with Crippen LogP contribution in [0.2, 0.25) is 0 Å². The van der Waals surface area contributed by atoms with E-state index in [0.29, 0.717) is 12.2 Å². The highest BCUT2D eigenvalue weighted by Crippen LogP contribution is 2.36. The van der Waals surface area contributed by atoms with E-state index >= 15 is 0 Å². The molecular weight excluding hydrogens is 280 g/mol. The van der Waals surface area contributed by atoms with E-state index in [9.17, 15) is 4.79 Å². The summed E-state index contributed by atoms with van der Waals surface area (Å²) in [5.41, 5.74) is 2.35. The number of hydrogen-bond donors (Lipinski definition) is 2. The first-order valence-electron chi connectivity index (χ1n) is 7.86. The van der Waals surface area contributed by atoms with Crippen molar-refractivity contribution in [2.75, 3.05) is 20.8 Å². The van der Waals surface area contributed by atoms with Crippen LogP contribution in [-0.2, 0) is 11.2 Å². The van der Waals surface area contributed by atoms with E-state index in [-0.39, 0.29) is 18.0 Å². The SMILES string of the molecule is CCC(C)NC(=O)CC1NCCc2cc(OC)c(OC)cc21. The van der Waals surface area contributed by atoms with Crippen LogP contribution in [0.25, 0.3) is 0 Å². The minimum Gasteiger partial charge on any atom is -0.493 e. The lowest BCUT2D eigenvalue weighted by atomic mass is 9.91. The van der Waals surface area contributed by atoms with Crippen molar-refractivity contribution in [2.45, 2.75) is 45.2 Å². The number of carbonyl (C=O) groups is 1. The number of carbonyl (C=O) groups excluding carboxylic acids is 1. The van der Waals surface area contributed by atoms with Crippen LogP contribution in [0.4, 0.5) is 0 Å². The van der Waals surface area contributed by atoms with Crippen LogP contribution in [0.15, 0.2) is 12.1 Å². The van der Waals surface area contributed by atoms with Gasteiger partial charge in [0.25, 0.3) is 0 Å². The topological polar surface area (TPSA) is 59.6 Å². The average molecular weight is 306 g/mol. The number of rotatable bonds is 6. The minimum atomic E-state index is 0.0209. The molecule has 2 atom stereocenters. The Balaban J connectivity index is 2.18. The molecule has 1 aromatic rings. The summed E-state index contributed by atoms with van der Waals surface area (Å²) in [4.78, 5) is 12.2. The van der Waals surface area contributed by atoms with Crippen molar-refractivity contribution in [1.29, 1.82) is 0 Å². The molecule has 1 amide bonds. The van der Waals surface area contributed by atoms with Gasteiger partial charge in [0, 0.05) is 18.5 Å². The molecule has 22 heavy (non-hydrogen) atoms. The lowest BCUT2D eigenvalue weighted by Crippen LogP contribution is -2.37. The van der Waals surface area contributed by atoms with E-state index in [2.05, 4.69) is 17.6 Å². The summed E-state index contributed by atoms with van der Waals surface area (Å²) in [5.74, 6) is 1.53. The highest BCUT2D eigenvalue weighted by Gasteiger charge is 2.24. The fourth-order valence-electron chi connectivity index (χ4n) is 2.77. The molecule has 0 bridgehead atoms. The molecule has 0 spiro atoms. The van der Waals surface area contributed by atoms with Crippen LogP contribution < -0.4 is 20.1 Å². The second-order valence-electron chi connectivity index (χ2n) is 5.74. The van der Waals surface area contributed by atoms with Crippen LogP contribution in [-0.4, -0.2) is 32.7 Å². The third-order valence-electron chi connectivity index (χ3n) is 4.22. The Bertz CT molecular complexity index is 531. The summed E-state index contributed by atoms with van der Waals surface area (Å²) >= 11 is 0. The van der Waals surface area contributed by atoms with Crippen LogP contribution in [0.1, 0.15) is 43.9 Å². The Kier molecular flexibility index (Phi) is 5.66. The molecule has 0 radical (unpaired) electrons. The van der Waals surface area contributed by atoms with E-state index in [1.807, 2.05) is 19.1 Å². The van der Waals surface area contributed by atoms with E-state index in [0.717, 1.165) is 30.7 Å². The predicted octanol–water partition coefficient (Wildman–Crippen LogP) is 2.20. The number of amides is 1. The van der Waals surface area contributed by atoms with Gasteiger partial charge < -0.3 is 20.1 Å². The van der Waals surface area contributed by atoms with Gasteiger partial charge in [-0.25, -0.2) is 0 Å². The fourth-order valence-corrected chi connectivity index (χ4v) is 2.77. The molecule has 0 saturated carbocycles. The normalized spacial score (nSPS) is 18.3. The molecule has 1 aliphatic heterocycles. The lowest BCUT2D eigenvalue weighted by Gasteiger charge is -2.28. The summed E-state index contributed by atoms with van der Waals surface area (Å²) in [6, 6.07) is 4.24. The van der Waals surface area contributed by atoms with E-state index in [1.165, 1.54) is 5.56 Å². The predicted molar refractivity (Wildman–Crippen MR) is 86.5 cm³/mol. The molecule has 5 heteroatoms. The van der Waals surface area contributed by atoms with Gasteiger partial charge in [-0.3, -0.25) is 4.79 Å². The first-order chi connectivity index (χ1) is 10.6. The van der Waals surface area contributed by atoms with Crippen molar-refractivity contribution in [1.82, 2.24) is 10.6 Å². The lowest BCUT2D eigenvalue weighted by molar-refractivity contribution is -0.122. The largest absolute Gasteiger partial charge is 0.493 e. The molecule has 1 heterocycles. The average Bonchev–Trinajstić information content (AvgIpc) is 2.53. The Labute approximate surface area is 132 Å². The molecule has 2 unspecified atom stereocenters. The standard InChI is InChI=1S/C17H26N2O3/c1-5-11(2)19-17(20)10-14-13-9-16(22-4)15(21-3)8-12(13)6-7-18-14/h8-9,11,14,18H,5-7,10H2,1-4H3,(H,19,20). The first-order valence-corrected chi connectivity index (χ1v) is 7.86. The van der Waals surface area contributed by atoms with Crippen molar-refractivity contribution in [2.24, 2.45) is 0 Å². The Morgan fingerprint density at radius 3 is 2.68 bits per heavy atom. The molecule has 0 fully saturated rings. The zero-order chi connectivity index (χ0) is 16.1. The quantitative estimate of drug-likeness (QED) is 0.846. The molecule has 122 valence electrons. The van der Waals surface area contributed by atoms with Gasteiger partial charge in [-0.05, 0) is 49.6 Å². The highest BCUT2D eigenvalue weighted by atomic mass is 16.5. The molecule has 1 aromatic carbocycles. The fraction of sp³-hybridized carbons (Fsp3) is 0.588. The van der Waals surface area contributed by atoms with Gasteiger partial charge >= 0.3 is 0 Å². The number of nitrogens with one attached hydrogen (secondary N) is 2. The van der Waals surface area contributed by atoms with Gasteiger partial charge in [-0.2, -0.15) is 0 Å². The van der Waals surface area contributed by atoms with E-state index in [1.54, 1.807) is 14.2 Å². The van der Waals surface area contributed by atoms with Crippen LogP contribution in [0.3, 0.4) is 0 Å². The maximum atomic E-state index is 12.2. The molecule has 0 aromatic heterocycles. The Morgan fingerprint density at radius 1 is 1.36 bits per heavy atom.